The number of ether oxygens (including phenoxy) is 1. The molecule has 0 aliphatic carbocycles. The molecule has 4 nitrogen and oxygen atoms in total. The van der Waals surface area contributed by atoms with E-state index >= 15 is 0 Å². The van der Waals surface area contributed by atoms with E-state index in [2.05, 4.69) is 34.5 Å². The lowest BCUT2D eigenvalue weighted by molar-refractivity contribution is -0.120. The third kappa shape index (κ3) is 4.28. The molecule has 0 atom stereocenters. The smallest absolute Gasteiger partial charge is 0.224 e. The largest absolute Gasteiger partial charge is 0.497 e. The summed E-state index contributed by atoms with van der Waals surface area (Å²) in [5.41, 5.74) is 3.39. The van der Waals surface area contributed by atoms with Gasteiger partial charge in [0.25, 0.3) is 0 Å². The maximum absolute atomic E-state index is 12.1. The first-order chi connectivity index (χ1) is 11.7. The Labute approximate surface area is 143 Å². The van der Waals surface area contributed by atoms with Crippen LogP contribution in [0.1, 0.15) is 24.0 Å². The summed E-state index contributed by atoms with van der Waals surface area (Å²) in [6, 6.07) is 16.1. The second-order valence-electron chi connectivity index (χ2n) is 6.17. The van der Waals surface area contributed by atoms with Crippen LogP contribution in [0.25, 0.3) is 0 Å². The van der Waals surface area contributed by atoms with Gasteiger partial charge >= 0.3 is 0 Å². The van der Waals surface area contributed by atoms with Crippen LogP contribution in [0.4, 0.5) is 5.69 Å². The van der Waals surface area contributed by atoms with Gasteiger partial charge in [-0.2, -0.15) is 0 Å². The van der Waals surface area contributed by atoms with Crippen LogP contribution in [-0.4, -0.2) is 26.1 Å². The van der Waals surface area contributed by atoms with E-state index in [0.717, 1.165) is 30.0 Å². The van der Waals surface area contributed by atoms with Crippen LogP contribution in [0.2, 0.25) is 0 Å². The molecule has 0 spiro atoms. The molecule has 0 aromatic heterocycles. The fourth-order valence-corrected chi connectivity index (χ4v) is 3.03. The van der Waals surface area contributed by atoms with Crippen molar-refractivity contribution in [2.24, 2.45) is 0 Å². The Morgan fingerprint density at radius 2 is 1.83 bits per heavy atom. The lowest BCUT2D eigenvalue weighted by atomic mass is 10.1. The minimum absolute atomic E-state index is 0.0340. The molecule has 1 N–H and O–H groups in total. The Bertz CT molecular complexity index is 676. The number of hydrogen-bond acceptors (Lipinski definition) is 3. The van der Waals surface area contributed by atoms with Crippen LogP contribution < -0.4 is 15.0 Å². The topological polar surface area (TPSA) is 41.6 Å². The summed E-state index contributed by atoms with van der Waals surface area (Å²) in [6.45, 7) is 2.83. The summed E-state index contributed by atoms with van der Waals surface area (Å²) < 4.78 is 5.13. The van der Waals surface area contributed by atoms with Crippen molar-refractivity contribution >= 4 is 11.6 Å². The molecule has 1 saturated heterocycles. The molecule has 1 heterocycles. The number of carbonyl (C=O) groups excluding carboxylic acids is 1. The van der Waals surface area contributed by atoms with Gasteiger partial charge in [-0.3, -0.25) is 4.79 Å². The van der Waals surface area contributed by atoms with Crippen molar-refractivity contribution in [3.63, 3.8) is 0 Å². The molecule has 126 valence electrons. The fraction of sp³-hybridized carbons (Fsp3) is 0.350. The molecule has 4 heteroatoms. The van der Waals surface area contributed by atoms with E-state index in [1.165, 1.54) is 18.5 Å². The van der Waals surface area contributed by atoms with Gasteiger partial charge in [0.15, 0.2) is 0 Å². The highest BCUT2D eigenvalue weighted by molar-refractivity contribution is 5.78. The summed E-state index contributed by atoms with van der Waals surface area (Å²) in [4.78, 5) is 14.5. The van der Waals surface area contributed by atoms with Crippen LogP contribution in [-0.2, 0) is 17.8 Å². The Morgan fingerprint density at radius 3 is 2.54 bits per heavy atom. The van der Waals surface area contributed by atoms with Gasteiger partial charge in [0.05, 0.1) is 13.5 Å². The minimum Gasteiger partial charge on any atom is -0.497 e. The number of hydrogen-bond donors (Lipinski definition) is 1. The maximum Gasteiger partial charge on any atom is 0.224 e. The van der Waals surface area contributed by atoms with Crippen LogP contribution in [0.15, 0.2) is 48.5 Å². The predicted molar refractivity (Wildman–Crippen MR) is 96.4 cm³/mol. The molecule has 0 unspecified atom stereocenters. The molecule has 2 aromatic rings. The molecule has 0 bridgehead atoms. The molecule has 1 aliphatic heterocycles. The molecule has 2 aromatic carbocycles. The molecule has 1 fully saturated rings. The van der Waals surface area contributed by atoms with Crippen LogP contribution >= 0.6 is 0 Å². The van der Waals surface area contributed by atoms with Gasteiger partial charge in [-0.15, -0.1) is 0 Å². The maximum atomic E-state index is 12.1. The molecule has 0 radical (unpaired) electrons. The zero-order valence-corrected chi connectivity index (χ0v) is 14.1. The van der Waals surface area contributed by atoms with Crippen molar-refractivity contribution in [1.82, 2.24) is 5.32 Å². The Kier molecular flexibility index (Phi) is 5.36. The third-order valence-electron chi connectivity index (χ3n) is 4.40. The van der Waals surface area contributed by atoms with Crippen LogP contribution in [0.3, 0.4) is 0 Å². The van der Waals surface area contributed by atoms with Gasteiger partial charge in [0.1, 0.15) is 5.75 Å². The van der Waals surface area contributed by atoms with Gasteiger partial charge in [-0.1, -0.05) is 24.3 Å². The highest BCUT2D eigenvalue weighted by Gasteiger charge is 2.12. The minimum atomic E-state index is 0.0340. The average Bonchev–Trinajstić information content (AvgIpc) is 3.16. The molecular weight excluding hydrogens is 300 g/mol. The SMILES string of the molecule is COc1ccc(CC(=O)NCc2cccc(N3CCCC3)c2)cc1. The number of amides is 1. The van der Waals surface area contributed by atoms with E-state index in [1.54, 1.807) is 7.11 Å². The van der Waals surface area contributed by atoms with Gasteiger partial charge < -0.3 is 15.0 Å². The highest BCUT2D eigenvalue weighted by atomic mass is 16.5. The van der Waals surface area contributed by atoms with Crippen molar-refractivity contribution in [2.45, 2.75) is 25.8 Å². The van der Waals surface area contributed by atoms with Crippen molar-refractivity contribution in [3.8, 4) is 5.75 Å². The van der Waals surface area contributed by atoms with Crippen molar-refractivity contribution in [3.05, 3.63) is 59.7 Å². The summed E-state index contributed by atoms with van der Waals surface area (Å²) >= 11 is 0. The average molecular weight is 324 g/mol. The van der Waals surface area contributed by atoms with Gasteiger partial charge in [-0.25, -0.2) is 0 Å². The van der Waals surface area contributed by atoms with Gasteiger partial charge in [0.2, 0.25) is 5.91 Å². The first-order valence-corrected chi connectivity index (χ1v) is 8.48. The van der Waals surface area contributed by atoms with E-state index in [1.807, 2.05) is 24.3 Å². The fourth-order valence-electron chi connectivity index (χ4n) is 3.03. The lowest BCUT2D eigenvalue weighted by Gasteiger charge is -2.18. The predicted octanol–water partition coefficient (Wildman–Crippen LogP) is 3.15. The van der Waals surface area contributed by atoms with Crippen LogP contribution in [0, 0.1) is 0 Å². The third-order valence-corrected chi connectivity index (χ3v) is 4.40. The Morgan fingerprint density at radius 1 is 1.08 bits per heavy atom. The Hall–Kier alpha value is -2.49. The van der Waals surface area contributed by atoms with Crippen molar-refractivity contribution < 1.29 is 9.53 Å². The standard InChI is InChI=1S/C20H24N2O2/c1-24-19-9-7-16(8-10-19)14-20(23)21-15-17-5-4-6-18(13-17)22-11-2-3-12-22/h4-10,13H,2-3,11-12,14-15H2,1H3,(H,21,23). The zero-order valence-electron chi connectivity index (χ0n) is 14.1. The molecule has 1 aliphatic rings. The number of nitrogens with one attached hydrogen (secondary N) is 1. The number of benzene rings is 2. The highest BCUT2D eigenvalue weighted by Crippen LogP contribution is 2.21. The number of anilines is 1. The quantitative estimate of drug-likeness (QED) is 0.887. The lowest BCUT2D eigenvalue weighted by Crippen LogP contribution is -2.25. The number of carbonyl (C=O) groups is 1. The zero-order chi connectivity index (χ0) is 16.8. The molecule has 3 rings (SSSR count). The van der Waals surface area contributed by atoms with Crippen LogP contribution in [0.5, 0.6) is 5.75 Å². The van der Waals surface area contributed by atoms with E-state index in [0.29, 0.717) is 13.0 Å². The molecular formula is C20H24N2O2. The van der Waals surface area contributed by atoms with E-state index in [-0.39, 0.29) is 5.91 Å². The monoisotopic (exact) mass is 324 g/mol. The van der Waals surface area contributed by atoms with E-state index in [9.17, 15) is 4.79 Å². The molecule has 24 heavy (non-hydrogen) atoms. The summed E-state index contributed by atoms with van der Waals surface area (Å²) in [6.07, 6.45) is 2.92. The first-order valence-electron chi connectivity index (χ1n) is 8.48. The van der Waals surface area contributed by atoms with Gasteiger partial charge in [-0.05, 0) is 48.2 Å². The Balaban J connectivity index is 1.52. The molecule has 0 saturated carbocycles. The number of rotatable bonds is 6. The summed E-state index contributed by atoms with van der Waals surface area (Å²) in [5.74, 6) is 0.838. The van der Waals surface area contributed by atoms with Gasteiger partial charge in [0, 0.05) is 25.3 Å². The number of nitrogens with zero attached hydrogens (tertiary/aromatic N) is 1. The van der Waals surface area contributed by atoms with E-state index in [4.69, 9.17) is 4.74 Å². The summed E-state index contributed by atoms with van der Waals surface area (Å²) in [7, 11) is 1.64. The second-order valence-corrected chi connectivity index (χ2v) is 6.17. The van der Waals surface area contributed by atoms with Crippen molar-refractivity contribution in [2.75, 3.05) is 25.1 Å². The van der Waals surface area contributed by atoms with Crippen molar-refractivity contribution in [1.29, 1.82) is 0 Å². The second kappa shape index (κ2) is 7.86. The normalized spacial score (nSPS) is 13.8. The molecule has 1 amide bonds. The summed E-state index contributed by atoms with van der Waals surface area (Å²) in [5, 5.41) is 3.01. The number of methoxy groups -OCH3 is 1. The first kappa shape index (κ1) is 16.4. The van der Waals surface area contributed by atoms with E-state index < -0.39 is 0 Å².